The number of carbonyl (C=O) groups excluding carboxylic acids is 2. The minimum Gasteiger partial charge on any atom is -0.496 e. The Kier molecular flexibility index (Phi) is 14.0. The lowest BCUT2D eigenvalue weighted by Gasteiger charge is -2.25. The molecule has 0 aliphatic heterocycles. The summed E-state index contributed by atoms with van der Waals surface area (Å²) in [5, 5.41) is 3.13. The van der Waals surface area contributed by atoms with Crippen molar-refractivity contribution >= 4 is 27.4 Å². The lowest BCUT2D eigenvalue weighted by molar-refractivity contribution is -0.139. The molecule has 1 amide bonds. The largest absolute Gasteiger partial charge is 0.496 e. The standard InChI is InChI=1S/C34H51NO6S/c1-8-10-11-12-13-14-15-26(28-18-17-27(24-31(28)40-6)42(38,39)20-9-2)23-32(36)35-30-21-25(22-33(37)41-7)16-19-29(30)34(3,4)5/h16-19,21,24,26H,8-15,20,22-23H2,1-7H3,(H,35,36). The number of amides is 1. The van der Waals surface area contributed by atoms with E-state index in [-0.39, 0.29) is 46.7 Å². The molecular weight excluding hydrogens is 550 g/mol. The summed E-state index contributed by atoms with van der Waals surface area (Å²) >= 11 is 0. The van der Waals surface area contributed by atoms with Gasteiger partial charge in [-0.3, -0.25) is 9.59 Å². The normalized spacial score (nSPS) is 12.5. The number of methoxy groups -OCH3 is 2. The van der Waals surface area contributed by atoms with Crippen LogP contribution in [-0.4, -0.2) is 40.3 Å². The number of carbonyl (C=O) groups is 2. The maximum atomic E-state index is 13.6. The Morgan fingerprint density at radius 2 is 1.60 bits per heavy atom. The fourth-order valence-electron chi connectivity index (χ4n) is 5.27. The highest BCUT2D eigenvalue weighted by atomic mass is 32.2. The van der Waals surface area contributed by atoms with Gasteiger partial charge in [0.25, 0.3) is 0 Å². The van der Waals surface area contributed by atoms with Gasteiger partial charge >= 0.3 is 5.97 Å². The summed E-state index contributed by atoms with van der Waals surface area (Å²) in [4.78, 5) is 25.8. The second-order valence-electron chi connectivity index (χ2n) is 12.1. The number of esters is 1. The van der Waals surface area contributed by atoms with Crippen LogP contribution >= 0.6 is 0 Å². The molecule has 7 nitrogen and oxygen atoms in total. The minimum atomic E-state index is -3.40. The summed E-state index contributed by atoms with van der Waals surface area (Å²) < 4.78 is 36.0. The molecule has 0 radical (unpaired) electrons. The molecule has 0 saturated carbocycles. The molecule has 2 rings (SSSR count). The van der Waals surface area contributed by atoms with Crippen molar-refractivity contribution in [3.05, 3.63) is 53.1 Å². The van der Waals surface area contributed by atoms with Crippen molar-refractivity contribution in [3.8, 4) is 5.75 Å². The highest BCUT2D eigenvalue weighted by Gasteiger charge is 2.25. The molecule has 0 heterocycles. The molecule has 0 aliphatic rings. The van der Waals surface area contributed by atoms with Gasteiger partial charge in [0.2, 0.25) is 5.91 Å². The highest BCUT2D eigenvalue weighted by Crippen LogP contribution is 2.36. The highest BCUT2D eigenvalue weighted by molar-refractivity contribution is 7.91. The van der Waals surface area contributed by atoms with Gasteiger partial charge in [0.05, 0.1) is 31.3 Å². The molecule has 2 aromatic rings. The zero-order chi connectivity index (χ0) is 31.3. The molecule has 8 heteroatoms. The quantitative estimate of drug-likeness (QED) is 0.147. The Hall–Kier alpha value is -2.87. The van der Waals surface area contributed by atoms with E-state index in [0.717, 1.165) is 42.4 Å². The van der Waals surface area contributed by atoms with E-state index >= 15 is 0 Å². The van der Waals surface area contributed by atoms with Crippen LogP contribution in [0.3, 0.4) is 0 Å². The van der Waals surface area contributed by atoms with Crippen molar-refractivity contribution in [3.63, 3.8) is 0 Å². The summed E-state index contributed by atoms with van der Waals surface area (Å²) in [6.07, 6.45) is 8.45. The van der Waals surface area contributed by atoms with Crippen molar-refractivity contribution in [2.24, 2.45) is 0 Å². The smallest absolute Gasteiger partial charge is 0.309 e. The first-order valence-corrected chi connectivity index (χ1v) is 16.9. The predicted molar refractivity (Wildman–Crippen MR) is 170 cm³/mol. The average Bonchev–Trinajstić information content (AvgIpc) is 2.93. The molecule has 2 aromatic carbocycles. The van der Waals surface area contributed by atoms with Crippen molar-refractivity contribution in [2.45, 2.75) is 115 Å². The van der Waals surface area contributed by atoms with Crippen LogP contribution in [0.2, 0.25) is 0 Å². The lowest BCUT2D eigenvalue weighted by atomic mass is 9.84. The predicted octanol–water partition coefficient (Wildman–Crippen LogP) is 7.75. The Morgan fingerprint density at radius 3 is 2.21 bits per heavy atom. The SMILES string of the molecule is CCCCCCCCC(CC(=O)Nc1cc(CC(=O)OC)ccc1C(C)(C)C)c1ccc(S(=O)(=O)CCC)cc1OC. The summed E-state index contributed by atoms with van der Waals surface area (Å²) in [6, 6.07) is 10.8. The zero-order valence-electron chi connectivity index (χ0n) is 26.7. The molecule has 1 N–H and O–H groups in total. The van der Waals surface area contributed by atoms with E-state index < -0.39 is 9.84 Å². The number of nitrogens with one attached hydrogen (secondary N) is 1. The monoisotopic (exact) mass is 601 g/mol. The number of hydrogen-bond donors (Lipinski definition) is 1. The van der Waals surface area contributed by atoms with Gasteiger partial charge in [0.1, 0.15) is 5.75 Å². The van der Waals surface area contributed by atoms with Gasteiger partial charge in [-0.1, -0.05) is 91.3 Å². The molecule has 1 unspecified atom stereocenters. The van der Waals surface area contributed by atoms with E-state index in [4.69, 9.17) is 9.47 Å². The van der Waals surface area contributed by atoms with Gasteiger partial charge in [-0.15, -0.1) is 0 Å². The number of sulfone groups is 1. The number of rotatable bonds is 17. The van der Waals surface area contributed by atoms with Crippen LogP contribution in [0.5, 0.6) is 5.75 Å². The molecule has 0 saturated heterocycles. The van der Waals surface area contributed by atoms with Crippen molar-refractivity contribution in [1.82, 2.24) is 0 Å². The third-order valence-electron chi connectivity index (χ3n) is 7.56. The number of ether oxygens (including phenoxy) is 2. The molecule has 0 aromatic heterocycles. The lowest BCUT2D eigenvalue weighted by Crippen LogP contribution is -2.21. The summed E-state index contributed by atoms with van der Waals surface area (Å²) in [5.41, 5.74) is 3.03. The van der Waals surface area contributed by atoms with E-state index in [1.807, 2.05) is 31.2 Å². The van der Waals surface area contributed by atoms with Crippen LogP contribution in [0.25, 0.3) is 0 Å². The zero-order valence-corrected chi connectivity index (χ0v) is 27.5. The maximum Gasteiger partial charge on any atom is 0.309 e. The van der Waals surface area contributed by atoms with Crippen LogP contribution in [0.15, 0.2) is 41.3 Å². The third-order valence-corrected chi connectivity index (χ3v) is 9.47. The molecule has 234 valence electrons. The van der Waals surface area contributed by atoms with Gasteiger partial charge in [-0.05, 0) is 59.1 Å². The number of hydrogen-bond acceptors (Lipinski definition) is 6. The van der Waals surface area contributed by atoms with E-state index in [1.165, 1.54) is 26.4 Å². The molecule has 1 atom stereocenters. The molecule has 0 fully saturated rings. The van der Waals surface area contributed by atoms with Gasteiger partial charge in [0, 0.05) is 12.1 Å². The second kappa shape index (κ2) is 16.7. The summed E-state index contributed by atoms with van der Waals surface area (Å²) in [5.74, 6) is -0.0657. The number of unbranched alkanes of at least 4 members (excludes halogenated alkanes) is 5. The van der Waals surface area contributed by atoms with Gasteiger partial charge in [-0.25, -0.2) is 8.42 Å². The topological polar surface area (TPSA) is 98.8 Å². The number of benzene rings is 2. The van der Waals surface area contributed by atoms with Crippen molar-refractivity contribution in [1.29, 1.82) is 0 Å². The van der Waals surface area contributed by atoms with Gasteiger partial charge in [-0.2, -0.15) is 0 Å². The molecule has 0 spiro atoms. The van der Waals surface area contributed by atoms with E-state index in [9.17, 15) is 18.0 Å². The maximum absolute atomic E-state index is 13.6. The third kappa shape index (κ3) is 10.8. The molecule has 0 aliphatic carbocycles. The van der Waals surface area contributed by atoms with Crippen LogP contribution in [0, 0.1) is 0 Å². The van der Waals surface area contributed by atoms with E-state index in [1.54, 1.807) is 19.2 Å². The van der Waals surface area contributed by atoms with Crippen LogP contribution < -0.4 is 10.1 Å². The van der Waals surface area contributed by atoms with E-state index in [2.05, 4.69) is 33.0 Å². The minimum absolute atomic E-state index is 0.0737. The number of anilines is 1. The fourth-order valence-corrected chi connectivity index (χ4v) is 6.61. The Bertz CT molecular complexity index is 1280. The molecule has 0 bridgehead atoms. The van der Waals surface area contributed by atoms with Crippen molar-refractivity contribution in [2.75, 3.05) is 25.3 Å². The first kappa shape index (κ1) is 35.3. The van der Waals surface area contributed by atoms with Crippen LogP contribution in [0.1, 0.15) is 115 Å². The second-order valence-corrected chi connectivity index (χ2v) is 14.2. The van der Waals surface area contributed by atoms with E-state index in [0.29, 0.717) is 17.9 Å². The summed E-state index contributed by atoms with van der Waals surface area (Å²) in [6.45, 7) is 10.3. The van der Waals surface area contributed by atoms with Crippen LogP contribution in [-0.2, 0) is 36.0 Å². The molecule has 42 heavy (non-hydrogen) atoms. The Labute approximate surface area is 253 Å². The first-order chi connectivity index (χ1) is 19.9. The van der Waals surface area contributed by atoms with Gasteiger partial charge < -0.3 is 14.8 Å². The summed E-state index contributed by atoms with van der Waals surface area (Å²) in [7, 11) is -0.504. The van der Waals surface area contributed by atoms with Gasteiger partial charge in [0.15, 0.2) is 9.84 Å². The average molecular weight is 602 g/mol. The van der Waals surface area contributed by atoms with Crippen molar-refractivity contribution < 1.29 is 27.5 Å². The Balaban J connectivity index is 2.38. The molecular formula is C34H51NO6S. The first-order valence-electron chi connectivity index (χ1n) is 15.3. The Morgan fingerprint density at radius 1 is 0.905 bits per heavy atom. The fraction of sp³-hybridized carbons (Fsp3) is 0.588. The van der Waals surface area contributed by atoms with Crippen LogP contribution in [0.4, 0.5) is 5.69 Å².